The van der Waals surface area contributed by atoms with Crippen molar-refractivity contribution in [2.45, 2.75) is 271 Å². The van der Waals surface area contributed by atoms with Crippen molar-refractivity contribution in [3.05, 3.63) is 170 Å². The third kappa shape index (κ3) is 65.5. The summed E-state index contributed by atoms with van der Waals surface area (Å²) < 4.78 is 16.8. The second-order valence-corrected chi connectivity index (χ2v) is 20.9. The maximum atomic E-state index is 12.9. The zero-order valence-electron chi connectivity index (χ0n) is 52.0. The van der Waals surface area contributed by atoms with Gasteiger partial charge in [0, 0.05) is 19.3 Å². The molecule has 0 saturated carbocycles. The second kappa shape index (κ2) is 67.3. The van der Waals surface area contributed by atoms with E-state index in [2.05, 4.69) is 179 Å². The van der Waals surface area contributed by atoms with Gasteiger partial charge in [-0.25, -0.2) is 0 Å². The van der Waals surface area contributed by atoms with E-state index in [4.69, 9.17) is 14.2 Å². The van der Waals surface area contributed by atoms with E-state index >= 15 is 0 Å². The van der Waals surface area contributed by atoms with Crippen LogP contribution in [0.2, 0.25) is 0 Å². The van der Waals surface area contributed by atoms with Gasteiger partial charge in [-0.1, -0.05) is 281 Å². The minimum absolute atomic E-state index is 0.118. The van der Waals surface area contributed by atoms with Crippen LogP contribution in [0.15, 0.2) is 170 Å². The van der Waals surface area contributed by atoms with Crippen LogP contribution in [0.25, 0.3) is 0 Å². The molecule has 0 fully saturated rings. The molecular formula is C75H118O6. The van der Waals surface area contributed by atoms with Gasteiger partial charge in [0.1, 0.15) is 13.2 Å². The first-order valence-corrected chi connectivity index (χ1v) is 32.6. The van der Waals surface area contributed by atoms with Crippen LogP contribution in [0.4, 0.5) is 0 Å². The number of hydrogen-bond acceptors (Lipinski definition) is 6. The van der Waals surface area contributed by atoms with Crippen LogP contribution < -0.4 is 0 Å². The fraction of sp³-hybridized carbons (Fsp3) is 0.587. The molecule has 0 rings (SSSR count). The highest BCUT2D eigenvalue weighted by atomic mass is 16.6. The minimum atomic E-state index is -0.831. The molecule has 1 atom stereocenters. The summed E-state index contributed by atoms with van der Waals surface area (Å²) >= 11 is 0. The first kappa shape index (κ1) is 75.8. The van der Waals surface area contributed by atoms with Crippen molar-refractivity contribution in [3.63, 3.8) is 0 Å². The quantitative estimate of drug-likeness (QED) is 0.0261. The summed E-state index contributed by atoms with van der Waals surface area (Å²) in [6.07, 6.45) is 99.5. The number of rotatable bonds is 57. The fourth-order valence-corrected chi connectivity index (χ4v) is 8.45. The lowest BCUT2D eigenvalue weighted by molar-refractivity contribution is -0.166. The molecule has 0 aromatic heterocycles. The van der Waals surface area contributed by atoms with Gasteiger partial charge in [0.15, 0.2) is 6.10 Å². The summed E-state index contributed by atoms with van der Waals surface area (Å²) in [6, 6.07) is 0. The number of esters is 3. The molecule has 0 bridgehead atoms. The van der Waals surface area contributed by atoms with Crippen molar-refractivity contribution < 1.29 is 28.6 Å². The molecule has 0 aliphatic carbocycles. The Labute approximate surface area is 498 Å². The van der Waals surface area contributed by atoms with Crippen molar-refractivity contribution in [2.75, 3.05) is 13.2 Å². The van der Waals surface area contributed by atoms with Gasteiger partial charge in [-0.15, -0.1) is 0 Å². The smallest absolute Gasteiger partial charge is 0.306 e. The van der Waals surface area contributed by atoms with Gasteiger partial charge in [0.05, 0.1) is 0 Å². The highest BCUT2D eigenvalue weighted by Crippen LogP contribution is 2.15. The lowest BCUT2D eigenvalue weighted by Crippen LogP contribution is -2.30. The van der Waals surface area contributed by atoms with E-state index in [1.807, 2.05) is 12.2 Å². The first-order valence-electron chi connectivity index (χ1n) is 32.6. The number of hydrogen-bond donors (Lipinski definition) is 0. The Morgan fingerprint density at radius 1 is 0.247 bits per heavy atom. The molecule has 0 aliphatic rings. The third-order valence-electron chi connectivity index (χ3n) is 13.2. The minimum Gasteiger partial charge on any atom is -0.462 e. The van der Waals surface area contributed by atoms with Crippen molar-refractivity contribution in [2.24, 2.45) is 0 Å². The van der Waals surface area contributed by atoms with Crippen molar-refractivity contribution in [1.29, 1.82) is 0 Å². The predicted octanol–water partition coefficient (Wildman–Crippen LogP) is 22.7. The highest BCUT2D eigenvalue weighted by Gasteiger charge is 2.19. The lowest BCUT2D eigenvalue weighted by atomic mass is 10.0. The Morgan fingerprint density at radius 2 is 0.469 bits per heavy atom. The van der Waals surface area contributed by atoms with Gasteiger partial charge in [0.25, 0.3) is 0 Å². The molecule has 0 aliphatic heterocycles. The number of carbonyl (C=O) groups is 3. The summed E-state index contributed by atoms with van der Waals surface area (Å²) in [5.74, 6) is -1.03. The first-order chi connectivity index (χ1) is 40.0. The van der Waals surface area contributed by atoms with Crippen LogP contribution in [0, 0.1) is 0 Å². The number of unbranched alkanes of at least 4 members (excludes halogenated alkanes) is 18. The Hall–Kier alpha value is -5.23. The predicted molar refractivity (Wildman–Crippen MR) is 352 cm³/mol. The molecule has 0 radical (unpaired) electrons. The van der Waals surface area contributed by atoms with Crippen molar-refractivity contribution in [3.8, 4) is 0 Å². The molecule has 6 nitrogen and oxygen atoms in total. The van der Waals surface area contributed by atoms with Crippen LogP contribution in [-0.2, 0) is 28.6 Å². The van der Waals surface area contributed by atoms with Gasteiger partial charge in [-0.05, 0) is 135 Å². The average Bonchev–Trinajstić information content (AvgIpc) is 3.46. The maximum absolute atomic E-state index is 12.9. The number of allylic oxidation sites excluding steroid dienone is 28. The van der Waals surface area contributed by atoms with Crippen molar-refractivity contribution >= 4 is 17.9 Å². The van der Waals surface area contributed by atoms with Crippen LogP contribution >= 0.6 is 0 Å². The van der Waals surface area contributed by atoms with E-state index in [0.29, 0.717) is 12.8 Å². The fourth-order valence-electron chi connectivity index (χ4n) is 8.45. The van der Waals surface area contributed by atoms with Gasteiger partial charge in [0.2, 0.25) is 0 Å². The topological polar surface area (TPSA) is 78.9 Å². The van der Waals surface area contributed by atoms with Crippen molar-refractivity contribution in [1.82, 2.24) is 0 Å². The van der Waals surface area contributed by atoms with E-state index in [-0.39, 0.29) is 44.0 Å². The van der Waals surface area contributed by atoms with Gasteiger partial charge in [-0.3, -0.25) is 14.4 Å². The summed E-state index contributed by atoms with van der Waals surface area (Å²) in [4.78, 5) is 38.3. The third-order valence-corrected chi connectivity index (χ3v) is 13.2. The largest absolute Gasteiger partial charge is 0.462 e. The number of ether oxygens (including phenoxy) is 3. The molecule has 81 heavy (non-hydrogen) atoms. The van der Waals surface area contributed by atoms with E-state index in [0.717, 1.165) is 141 Å². The molecule has 0 N–H and O–H groups in total. The second-order valence-electron chi connectivity index (χ2n) is 20.9. The van der Waals surface area contributed by atoms with E-state index in [1.54, 1.807) is 0 Å². The van der Waals surface area contributed by atoms with E-state index in [9.17, 15) is 14.4 Å². The monoisotopic (exact) mass is 1110 g/mol. The number of carbonyl (C=O) groups excluding carboxylic acids is 3. The van der Waals surface area contributed by atoms with Crippen LogP contribution in [0.3, 0.4) is 0 Å². The molecule has 0 heterocycles. The van der Waals surface area contributed by atoms with Gasteiger partial charge >= 0.3 is 17.9 Å². The molecule has 0 saturated heterocycles. The molecule has 0 aromatic rings. The molecule has 0 spiro atoms. The standard InChI is InChI=1S/C75H118O6/c1-4-7-10-13-16-19-22-25-27-29-31-33-35-36-37-38-40-41-43-45-47-50-53-56-59-62-65-68-74(77)80-71-72(70-79-73(76)67-64-61-58-55-52-49-24-21-18-15-12-9-6-3)81-75(78)69-66-63-60-57-54-51-48-46-44-42-39-34-32-30-28-26-23-20-17-14-11-8-5-2/h7-12,16-21,25-28,31-34,42,44,48-49,51-52,58,61,72H,4-6,13-15,22-24,29-30,35-41,43,45-47,50,53-57,59-60,62-71H2,1-3H3/b10-7-,11-8-,12-9-,19-16-,20-17-,21-18-,27-25-,28-26-,33-31-,34-32-,44-42-,51-48-,52-49-,61-58-. The highest BCUT2D eigenvalue weighted by molar-refractivity contribution is 5.71. The summed E-state index contributed by atoms with van der Waals surface area (Å²) in [6.45, 7) is 6.21. The Bertz CT molecular complexity index is 1860. The molecule has 6 heteroatoms. The summed E-state index contributed by atoms with van der Waals surface area (Å²) in [5, 5.41) is 0. The SMILES string of the molecule is CC/C=C\C/C=C\C/C=C\C/C=C\C/C=C\C/C=C\CCCCCCC(=O)OC(COC(=O)CC/C=C\C/C=C\C/C=C\C/C=C\CC)COC(=O)CCCCCCCCCCCCCCCC/C=C\C/C=C\C/C=C\C/C=C\CC. The molecule has 0 aromatic carbocycles. The van der Waals surface area contributed by atoms with Gasteiger partial charge < -0.3 is 14.2 Å². The lowest BCUT2D eigenvalue weighted by Gasteiger charge is -2.18. The Morgan fingerprint density at radius 3 is 0.765 bits per heavy atom. The van der Waals surface area contributed by atoms with Crippen LogP contribution in [-0.4, -0.2) is 37.2 Å². The van der Waals surface area contributed by atoms with E-state index in [1.165, 1.54) is 77.0 Å². The molecule has 0 amide bonds. The molecule has 454 valence electrons. The van der Waals surface area contributed by atoms with Crippen LogP contribution in [0.1, 0.15) is 265 Å². The Kier molecular flexibility index (Phi) is 62.9. The average molecular weight is 1120 g/mol. The normalized spacial score (nSPS) is 13.3. The molecule has 1 unspecified atom stereocenters. The zero-order valence-corrected chi connectivity index (χ0v) is 52.0. The molecular weight excluding hydrogens is 997 g/mol. The summed E-state index contributed by atoms with van der Waals surface area (Å²) in [5.41, 5.74) is 0. The van der Waals surface area contributed by atoms with Gasteiger partial charge in [-0.2, -0.15) is 0 Å². The summed E-state index contributed by atoms with van der Waals surface area (Å²) in [7, 11) is 0. The van der Waals surface area contributed by atoms with Crippen LogP contribution in [0.5, 0.6) is 0 Å². The Balaban J connectivity index is 4.41. The zero-order chi connectivity index (χ0) is 58.5. The van der Waals surface area contributed by atoms with E-state index < -0.39 is 6.10 Å². The maximum Gasteiger partial charge on any atom is 0.306 e.